The lowest BCUT2D eigenvalue weighted by Gasteiger charge is -2.28. The van der Waals surface area contributed by atoms with Crippen molar-refractivity contribution in [3.05, 3.63) is 64.2 Å². The predicted molar refractivity (Wildman–Crippen MR) is 151 cm³/mol. The molecule has 5 N–H and O–H groups in total. The zero-order valence-electron chi connectivity index (χ0n) is 22.4. The van der Waals surface area contributed by atoms with Crippen molar-refractivity contribution >= 4 is 51.6 Å². The van der Waals surface area contributed by atoms with E-state index in [0.29, 0.717) is 12.2 Å². The summed E-state index contributed by atoms with van der Waals surface area (Å²) in [7, 11) is 0. The zero-order valence-corrected chi connectivity index (χ0v) is 23.2. The number of pyridine rings is 1. The molecule has 0 saturated heterocycles. The number of primary amides is 1. The van der Waals surface area contributed by atoms with Crippen molar-refractivity contribution in [2.75, 3.05) is 10.6 Å². The molecule has 2 atom stereocenters. The Morgan fingerprint density at radius 2 is 1.97 bits per heavy atom. The zero-order chi connectivity index (χ0) is 28.3. The van der Waals surface area contributed by atoms with Crippen LogP contribution in [-0.4, -0.2) is 38.4 Å². The number of nitrogens with two attached hydrogens (primary N) is 1. The van der Waals surface area contributed by atoms with E-state index in [0.717, 1.165) is 21.8 Å². The Kier molecular flexibility index (Phi) is 8.05. The van der Waals surface area contributed by atoms with E-state index >= 15 is 4.39 Å². The van der Waals surface area contributed by atoms with Gasteiger partial charge >= 0.3 is 6.09 Å². The minimum Gasteiger partial charge on any atom is -0.444 e. The Morgan fingerprint density at radius 1 is 1.21 bits per heavy atom. The Labute approximate surface area is 229 Å². The maximum Gasteiger partial charge on any atom is 0.407 e. The maximum absolute atomic E-state index is 15.3. The van der Waals surface area contributed by atoms with Crippen LogP contribution in [0.4, 0.5) is 26.5 Å². The van der Waals surface area contributed by atoms with Crippen molar-refractivity contribution in [3.8, 4) is 0 Å². The van der Waals surface area contributed by atoms with Crippen LogP contribution in [0.1, 0.15) is 55.9 Å². The fourth-order valence-electron chi connectivity index (χ4n) is 4.10. The molecule has 10 nitrogen and oxygen atoms in total. The van der Waals surface area contributed by atoms with Gasteiger partial charge in [-0.25, -0.2) is 14.2 Å². The molecule has 1 aromatic carbocycles. The van der Waals surface area contributed by atoms with Gasteiger partial charge in [-0.05, 0) is 64.3 Å². The van der Waals surface area contributed by atoms with Crippen LogP contribution in [0.15, 0.2) is 48.0 Å². The lowest BCUT2D eigenvalue weighted by Crippen LogP contribution is -2.42. The molecule has 3 aromatic heterocycles. The molecular formula is C27H32FN7O3S. The first-order chi connectivity index (χ1) is 18.5. The van der Waals surface area contributed by atoms with Crippen molar-refractivity contribution in [1.29, 1.82) is 0 Å². The van der Waals surface area contributed by atoms with Crippen LogP contribution in [0.2, 0.25) is 0 Å². The van der Waals surface area contributed by atoms with Crippen molar-refractivity contribution in [3.63, 3.8) is 0 Å². The van der Waals surface area contributed by atoms with E-state index in [4.69, 9.17) is 10.5 Å². The topological polar surface area (TPSA) is 136 Å². The Bertz CT molecular complexity index is 1480. The largest absolute Gasteiger partial charge is 0.444 e. The molecule has 0 bridgehead atoms. The molecule has 4 rings (SSSR count). The summed E-state index contributed by atoms with van der Waals surface area (Å²) < 4.78 is 22.5. The normalized spacial score (nSPS) is 13.1. The molecule has 0 radical (unpaired) electrons. The van der Waals surface area contributed by atoms with Crippen LogP contribution in [0, 0.1) is 5.82 Å². The number of aromatic nitrogens is 3. The van der Waals surface area contributed by atoms with E-state index in [9.17, 15) is 9.59 Å². The average Bonchev–Trinajstić information content (AvgIpc) is 3.53. The molecular weight excluding hydrogens is 521 g/mol. The number of nitrogens with zero attached hydrogens (tertiary/aromatic N) is 3. The Balaban J connectivity index is 1.68. The molecule has 12 heteroatoms. The van der Waals surface area contributed by atoms with Crippen LogP contribution >= 0.6 is 11.3 Å². The van der Waals surface area contributed by atoms with Crippen LogP contribution < -0.4 is 21.7 Å². The molecule has 3 heterocycles. The number of thiophene rings is 1. The Hall–Kier alpha value is -4.19. The molecule has 4 aromatic rings. The number of halogens is 1. The third-order valence-corrected chi connectivity index (χ3v) is 6.82. The van der Waals surface area contributed by atoms with Gasteiger partial charge in [0.2, 0.25) is 0 Å². The van der Waals surface area contributed by atoms with Crippen LogP contribution in [0.25, 0.3) is 10.9 Å². The van der Waals surface area contributed by atoms with E-state index in [-0.39, 0.29) is 17.2 Å². The molecule has 0 aliphatic carbocycles. The van der Waals surface area contributed by atoms with Crippen molar-refractivity contribution < 1.29 is 18.7 Å². The average molecular weight is 554 g/mol. The lowest BCUT2D eigenvalue weighted by atomic mass is 10.1. The second-order valence-electron chi connectivity index (χ2n) is 9.98. The molecule has 39 heavy (non-hydrogen) atoms. The molecule has 0 unspecified atom stereocenters. The molecule has 0 aliphatic rings. The molecule has 0 saturated carbocycles. The maximum atomic E-state index is 15.3. The number of carbonyl (C=O) groups is 2. The summed E-state index contributed by atoms with van der Waals surface area (Å²) in [5, 5.41) is 16.1. The minimum absolute atomic E-state index is 0.0841. The van der Waals surface area contributed by atoms with Gasteiger partial charge in [0.05, 0.1) is 35.0 Å². The monoisotopic (exact) mass is 553 g/mol. The van der Waals surface area contributed by atoms with E-state index in [1.807, 2.05) is 47.3 Å². The fourth-order valence-corrected chi connectivity index (χ4v) is 4.98. The van der Waals surface area contributed by atoms with Crippen LogP contribution in [-0.2, 0) is 11.3 Å². The predicted octanol–water partition coefficient (Wildman–Crippen LogP) is 5.56. The number of hydrogen-bond acceptors (Lipinski definition) is 8. The van der Waals surface area contributed by atoms with Crippen LogP contribution in [0.5, 0.6) is 0 Å². The number of carbonyl (C=O) groups excluding carboxylic acids is 2. The molecule has 0 spiro atoms. The second-order valence-corrected chi connectivity index (χ2v) is 11.0. The standard InChI is InChI=1S/C27H32FN7O3S/c1-6-35-20-10-7-9-19(17(20)14-30-35)32-24-16(23(29)36)13-18(28)25(34-24)33-22(21-11-8-12-39-21)15(2)31-26(37)38-27(3,4)5/h7-15,22H,6H2,1-5H3,(H2,29,36)(H,31,37)(H2,32,33,34)/t15-,22-/m0/s1. The quantitative estimate of drug-likeness (QED) is 0.213. The highest BCUT2D eigenvalue weighted by Crippen LogP contribution is 2.32. The number of nitrogens with one attached hydrogen (secondary N) is 3. The number of amides is 2. The van der Waals surface area contributed by atoms with Gasteiger partial charge in [0.25, 0.3) is 5.91 Å². The number of ether oxygens (including phenoxy) is 1. The SMILES string of the molecule is CCn1ncc2c(Nc3nc(N[C@H](c4cccs4)[C@H](C)NC(=O)OC(C)(C)C)c(F)cc3C(N)=O)cccc21. The van der Waals surface area contributed by atoms with Gasteiger partial charge in [0.1, 0.15) is 11.4 Å². The second kappa shape index (κ2) is 11.3. The first kappa shape index (κ1) is 27.8. The van der Waals surface area contributed by atoms with Gasteiger partial charge in [-0.1, -0.05) is 12.1 Å². The fraction of sp³-hybridized carbons (Fsp3) is 0.333. The Morgan fingerprint density at radius 3 is 2.62 bits per heavy atom. The summed E-state index contributed by atoms with van der Waals surface area (Å²) in [6.07, 6.45) is 1.11. The first-order valence-corrected chi connectivity index (χ1v) is 13.4. The summed E-state index contributed by atoms with van der Waals surface area (Å²) in [5.41, 5.74) is 6.32. The molecule has 0 fully saturated rings. The summed E-state index contributed by atoms with van der Waals surface area (Å²) in [6.45, 7) is 9.76. The lowest BCUT2D eigenvalue weighted by molar-refractivity contribution is 0.0503. The molecule has 206 valence electrons. The van der Waals surface area contributed by atoms with Gasteiger partial charge in [0, 0.05) is 16.8 Å². The van der Waals surface area contributed by atoms with Gasteiger partial charge in [-0.2, -0.15) is 5.10 Å². The third kappa shape index (κ3) is 6.45. The van der Waals surface area contributed by atoms with Crippen LogP contribution in [0.3, 0.4) is 0 Å². The van der Waals surface area contributed by atoms with Crippen molar-refractivity contribution in [2.45, 2.75) is 58.8 Å². The van der Waals surface area contributed by atoms with Gasteiger partial charge in [-0.3, -0.25) is 9.48 Å². The number of aryl methyl sites for hydroxylation is 1. The number of fused-ring (bicyclic) bond motifs is 1. The van der Waals surface area contributed by atoms with Gasteiger partial charge in [0.15, 0.2) is 11.6 Å². The smallest absolute Gasteiger partial charge is 0.407 e. The number of benzene rings is 1. The number of anilines is 3. The molecule has 2 amide bonds. The highest BCUT2D eigenvalue weighted by Gasteiger charge is 2.27. The van der Waals surface area contributed by atoms with E-state index in [1.54, 1.807) is 33.9 Å². The summed E-state index contributed by atoms with van der Waals surface area (Å²) >= 11 is 1.44. The minimum atomic E-state index is -0.832. The highest BCUT2D eigenvalue weighted by molar-refractivity contribution is 7.10. The van der Waals surface area contributed by atoms with Gasteiger partial charge < -0.3 is 26.4 Å². The number of rotatable bonds is 9. The van der Waals surface area contributed by atoms with Crippen molar-refractivity contribution in [1.82, 2.24) is 20.1 Å². The van der Waals surface area contributed by atoms with E-state index in [1.165, 1.54) is 11.3 Å². The summed E-state index contributed by atoms with van der Waals surface area (Å²) in [4.78, 5) is 29.9. The summed E-state index contributed by atoms with van der Waals surface area (Å²) in [6, 6.07) is 9.30. The summed E-state index contributed by atoms with van der Waals surface area (Å²) in [5.74, 6) is -1.63. The highest BCUT2D eigenvalue weighted by atomic mass is 32.1. The number of alkyl carbamates (subject to hydrolysis) is 1. The van der Waals surface area contributed by atoms with Crippen molar-refractivity contribution in [2.24, 2.45) is 5.73 Å². The van der Waals surface area contributed by atoms with E-state index < -0.39 is 35.5 Å². The molecule has 0 aliphatic heterocycles. The third-order valence-electron chi connectivity index (χ3n) is 5.87. The van der Waals surface area contributed by atoms with E-state index in [2.05, 4.69) is 26.0 Å². The van der Waals surface area contributed by atoms with Gasteiger partial charge in [-0.15, -0.1) is 11.3 Å². The number of hydrogen-bond donors (Lipinski definition) is 4. The first-order valence-electron chi connectivity index (χ1n) is 12.5.